The average Bonchev–Trinajstić information content (AvgIpc) is 2.83. The number of unbranched alkanes of at least 4 members (excludes halogenated alkanes) is 1. The van der Waals surface area contributed by atoms with Gasteiger partial charge < -0.3 is 25.4 Å². The van der Waals surface area contributed by atoms with E-state index in [1.54, 1.807) is 18.2 Å². The Kier molecular flexibility index (Phi) is 11.4. The van der Waals surface area contributed by atoms with E-state index in [-0.39, 0.29) is 5.91 Å². The third-order valence-electron chi connectivity index (χ3n) is 5.40. The molecule has 0 heterocycles. The van der Waals surface area contributed by atoms with Gasteiger partial charge in [-0.15, -0.1) is 0 Å². The van der Waals surface area contributed by atoms with Crippen LogP contribution < -0.4 is 15.8 Å². The van der Waals surface area contributed by atoms with Crippen molar-refractivity contribution >= 4 is 17.6 Å². The molecule has 0 saturated carbocycles. The molecule has 7 heteroatoms. The van der Waals surface area contributed by atoms with Gasteiger partial charge in [0.25, 0.3) is 0 Å². The SMILES string of the molecule is CCCCOc1cc(C(=O)OCCN(CC)CC)ccc1NC(=O)[C@H](N)Cc1ccccc1. The van der Waals surface area contributed by atoms with Gasteiger partial charge >= 0.3 is 5.97 Å². The van der Waals surface area contributed by atoms with Crippen LogP contribution in [0.3, 0.4) is 0 Å². The third-order valence-corrected chi connectivity index (χ3v) is 5.40. The number of nitrogens with zero attached hydrogens (tertiary/aromatic N) is 1. The lowest BCUT2D eigenvalue weighted by Crippen LogP contribution is -2.37. The molecule has 2 rings (SSSR count). The molecule has 0 aliphatic heterocycles. The van der Waals surface area contributed by atoms with E-state index < -0.39 is 12.0 Å². The monoisotopic (exact) mass is 455 g/mol. The molecule has 0 saturated heterocycles. The highest BCUT2D eigenvalue weighted by Crippen LogP contribution is 2.27. The quantitative estimate of drug-likeness (QED) is 0.332. The van der Waals surface area contributed by atoms with Crippen LogP contribution in [0.15, 0.2) is 48.5 Å². The lowest BCUT2D eigenvalue weighted by atomic mass is 10.1. The van der Waals surface area contributed by atoms with Crippen LogP contribution in [0.4, 0.5) is 5.69 Å². The van der Waals surface area contributed by atoms with Crippen molar-refractivity contribution in [1.82, 2.24) is 4.90 Å². The van der Waals surface area contributed by atoms with Gasteiger partial charge in [-0.2, -0.15) is 0 Å². The Morgan fingerprint density at radius 1 is 1.03 bits per heavy atom. The fraction of sp³-hybridized carbons (Fsp3) is 0.462. The number of amides is 1. The lowest BCUT2D eigenvalue weighted by molar-refractivity contribution is -0.117. The highest BCUT2D eigenvalue weighted by atomic mass is 16.5. The summed E-state index contributed by atoms with van der Waals surface area (Å²) in [6.45, 7) is 9.52. The first kappa shape index (κ1) is 26.4. The molecule has 180 valence electrons. The van der Waals surface area contributed by atoms with Gasteiger partial charge in [-0.3, -0.25) is 4.79 Å². The first-order chi connectivity index (χ1) is 16.0. The Balaban J connectivity index is 2.06. The number of hydrogen-bond acceptors (Lipinski definition) is 6. The maximum atomic E-state index is 12.7. The number of hydrogen-bond donors (Lipinski definition) is 2. The maximum Gasteiger partial charge on any atom is 0.338 e. The normalized spacial score (nSPS) is 11.8. The molecule has 7 nitrogen and oxygen atoms in total. The van der Waals surface area contributed by atoms with Crippen molar-refractivity contribution in [3.63, 3.8) is 0 Å². The molecular weight excluding hydrogens is 418 g/mol. The molecule has 3 N–H and O–H groups in total. The van der Waals surface area contributed by atoms with Crippen LogP contribution in [-0.4, -0.2) is 55.7 Å². The molecule has 1 atom stereocenters. The van der Waals surface area contributed by atoms with Crippen molar-refractivity contribution < 1.29 is 19.1 Å². The van der Waals surface area contributed by atoms with E-state index in [0.29, 0.717) is 43.2 Å². The molecule has 33 heavy (non-hydrogen) atoms. The average molecular weight is 456 g/mol. The van der Waals surface area contributed by atoms with Gasteiger partial charge in [0.2, 0.25) is 5.91 Å². The summed E-state index contributed by atoms with van der Waals surface area (Å²) in [5.74, 6) is -0.295. The third kappa shape index (κ3) is 8.86. The number of benzene rings is 2. The molecule has 1 amide bonds. The number of likely N-dealkylation sites (N-methyl/N-ethyl adjacent to an activating group) is 1. The molecule has 0 spiro atoms. The minimum atomic E-state index is -0.708. The van der Waals surface area contributed by atoms with Crippen molar-refractivity contribution in [2.24, 2.45) is 5.73 Å². The number of ether oxygens (including phenoxy) is 2. The fourth-order valence-electron chi connectivity index (χ4n) is 3.28. The molecule has 0 aliphatic rings. The molecule has 2 aromatic rings. The number of carbonyl (C=O) groups excluding carboxylic acids is 2. The molecule has 0 radical (unpaired) electrons. The number of esters is 1. The Hall–Kier alpha value is -2.90. The van der Waals surface area contributed by atoms with Crippen molar-refractivity contribution in [3.8, 4) is 5.75 Å². The summed E-state index contributed by atoms with van der Waals surface area (Å²) in [5, 5.41) is 2.85. The van der Waals surface area contributed by atoms with Gasteiger partial charge in [-0.25, -0.2) is 4.79 Å². The number of anilines is 1. The molecule has 0 unspecified atom stereocenters. The van der Waals surface area contributed by atoms with E-state index in [1.807, 2.05) is 30.3 Å². The zero-order valence-electron chi connectivity index (χ0n) is 20.0. The smallest absolute Gasteiger partial charge is 0.338 e. The Labute approximate surface area is 197 Å². The number of rotatable bonds is 14. The minimum Gasteiger partial charge on any atom is -0.491 e. The second-order valence-electron chi connectivity index (χ2n) is 7.86. The van der Waals surface area contributed by atoms with Crippen molar-refractivity contribution in [3.05, 3.63) is 59.7 Å². The molecular formula is C26H37N3O4. The van der Waals surface area contributed by atoms with Gasteiger partial charge in [-0.1, -0.05) is 57.5 Å². The van der Waals surface area contributed by atoms with Gasteiger partial charge in [-0.05, 0) is 49.7 Å². The summed E-state index contributed by atoms with van der Waals surface area (Å²) in [6.07, 6.45) is 2.26. The second-order valence-corrected chi connectivity index (χ2v) is 7.86. The number of nitrogens with one attached hydrogen (secondary N) is 1. The highest BCUT2D eigenvalue weighted by Gasteiger charge is 2.18. The van der Waals surface area contributed by atoms with E-state index in [4.69, 9.17) is 15.2 Å². The van der Waals surface area contributed by atoms with Crippen molar-refractivity contribution in [1.29, 1.82) is 0 Å². The van der Waals surface area contributed by atoms with Crippen molar-refractivity contribution in [2.45, 2.75) is 46.1 Å². The predicted molar refractivity (Wildman–Crippen MR) is 132 cm³/mol. The zero-order chi connectivity index (χ0) is 24.1. The van der Waals surface area contributed by atoms with E-state index in [2.05, 4.69) is 31.0 Å². The largest absolute Gasteiger partial charge is 0.491 e. The summed E-state index contributed by atoms with van der Waals surface area (Å²) in [4.78, 5) is 27.4. The van der Waals surface area contributed by atoms with Gasteiger partial charge in [0.15, 0.2) is 0 Å². The van der Waals surface area contributed by atoms with Crippen LogP contribution >= 0.6 is 0 Å². The maximum absolute atomic E-state index is 12.7. The lowest BCUT2D eigenvalue weighted by Gasteiger charge is -2.18. The molecule has 0 aliphatic carbocycles. The van der Waals surface area contributed by atoms with Crippen LogP contribution in [0.5, 0.6) is 5.75 Å². The van der Waals surface area contributed by atoms with Gasteiger partial charge in [0.05, 0.1) is 23.9 Å². The first-order valence-electron chi connectivity index (χ1n) is 11.7. The van der Waals surface area contributed by atoms with Gasteiger partial charge in [0.1, 0.15) is 12.4 Å². The van der Waals surface area contributed by atoms with Crippen LogP contribution in [0, 0.1) is 0 Å². The first-order valence-corrected chi connectivity index (χ1v) is 11.7. The fourth-order valence-corrected chi connectivity index (χ4v) is 3.28. The Morgan fingerprint density at radius 3 is 2.42 bits per heavy atom. The summed E-state index contributed by atoms with van der Waals surface area (Å²) in [6, 6.07) is 13.8. The predicted octanol–water partition coefficient (Wildman–Crippen LogP) is 3.87. The van der Waals surface area contributed by atoms with E-state index in [9.17, 15) is 9.59 Å². The minimum absolute atomic E-state index is 0.311. The van der Waals surface area contributed by atoms with Crippen LogP contribution in [-0.2, 0) is 16.0 Å². The van der Waals surface area contributed by atoms with E-state index >= 15 is 0 Å². The van der Waals surface area contributed by atoms with Crippen LogP contribution in [0.2, 0.25) is 0 Å². The zero-order valence-corrected chi connectivity index (χ0v) is 20.0. The second kappa shape index (κ2) is 14.3. The Morgan fingerprint density at radius 2 is 1.76 bits per heavy atom. The van der Waals surface area contributed by atoms with E-state index in [0.717, 1.165) is 31.5 Å². The number of nitrogens with two attached hydrogens (primary N) is 1. The summed E-state index contributed by atoms with van der Waals surface area (Å²) < 4.78 is 11.3. The molecule has 0 bridgehead atoms. The highest BCUT2D eigenvalue weighted by molar-refractivity contribution is 5.97. The summed E-state index contributed by atoms with van der Waals surface area (Å²) >= 11 is 0. The van der Waals surface area contributed by atoms with Gasteiger partial charge in [0, 0.05) is 6.54 Å². The summed E-state index contributed by atoms with van der Waals surface area (Å²) in [7, 11) is 0. The molecule has 2 aromatic carbocycles. The van der Waals surface area contributed by atoms with Crippen LogP contribution in [0.1, 0.15) is 49.5 Å². The molecule has 0 aromatic heterocycles. The van der Waals surface area contributed by atoms with Crippen LogP contribution in [0.25, 0.3) is 0 Å². The van der Waals surface area contributed by atoms with E-state index in [1.165, 1.54) is 0 Å². The summed E-state index contributed by atoms with van der Waals surface area (Å²) in [5.41, 5.74) is 7.97. The topological polar surface area (TPSA) is 93.9 Å². The number of carbonyl (C=O) groups is 2. The molecule has 0 fully saturated rings. The van der Waals surface area contributed by atoms with Crippen molar-refractivity contribution in [2.75, 3.05) is 38.2 Å². The standard InChI is InChI=1S/C26H37N3O4/c1-4-7-16-32-24-19-21(26(31)33-17-15-29(5-2)6-3)13-14-23(24)28-25(30)22(27)18-20-11-9-8-10-12-20/h8-14,19,22H,4-7,15-18,27H2,1-3H3,(H,28,30)/t22-/m1/s1. The Bertz CT molecular complexity index is 869.